The van der Waals surface area contributed by atoms with Crippen molar-refractivity contribution in [2.45, 2.75) is 45.4 Å². The molecule has 0 aliphatic carbocycles. The van der Waals surface area contributed by atoms with Crippen molar-refractivity contribution in [3.8, 4) is 0 Å². The summed E-state index contributed by atoms with van der Waals surface area (Å²) in [5.74, 6) is 0. The van der Waals surface area contributed by atoms with Crippen molar-refractivity contribution in [1.82, 2.24) is 0 Å². The molecule has 0 aromatic carbocycles. The van der Waals surface area contributed by atoms with Gasteiger partial charge in [0.15, 0.2) is 0 Å². The second kappa shape index (κ2) is 12.1. The molecule has 9 heavy (non-hydrogen) atoms. The molecule has 0 bridgehead atoms. The van der Waals surface area contributed by atoms with Crippen LogP contribution in [0, 0.1) is 47.8 Å². The van der Waals surface area contributed by atoms with Crippen molar-refractivity contribution < 1.29 is 40.8 Å². The molecule has 0 rings (SSSR count). The van der Waals surface area contributed by atoms with E-state index in [2.05, 4.69) is 13.8 Å². The van der Waals surface area contributed by atoms with Crippen LogP contribution in [0.15, 0.2) is 0 Å². The average molecular weight is 257 g/mol. The molecule has 0 saturated heterocycles. The van der Waals surface area contributed by atoms with E-state index in [4.69, 9.17) is 0 Å². The van der Waals surface area contributed by atoms with Gasteiger partial charge in [-0.15, -0.1) is 0 Å². The predicted molar refractivity (Wildman–Crippen MR) is 38.7 cm³/mol. The van der Waals surface area contributed by atoms with Crippen LogP contribution in [0.2, 0.25) is 0 Å². The largest absolute Gasteiger partial charge is 0.343 e. The van der Waals surface area contributed by atoms with E-state index in [-0.39, 0.29) is 40.8 Å². The van der Waals surface area contributed by atoms with Gasteiger partial charge in [-0.1, -0.05) is 39.0 Å². The molecule has 0 spiro atoms. The molecule has 0 unspecified atom stereocenters. The van der Waals surface area contributed by atoms with Crippen LogP contribution >= 0.6 is 0 Å². The van der Waals surface area contributed by atoms with Gasteiger partial charge < -0.3 is 6.92 Å². The molecule has 0 nitrogen and oxygen atoms in total. The van der Waals surface area contributed by atoms with Gasteiger partial charge in [0.1, 0.15) is 0 Å². The first kappa shape index (κ1) is 13.0. The zero-order valence-electron chi connectivity index (χ0n) is 6.45. The standard InChI is InChI=1S/C8H17.Nd/c1-3-5-7-8-6-4-2;/h1,3-8H2,2H3;/q-1;. The van der Waals surface area contributed by atoms with Gasteiger partial charge in [-0.3, -0.25) is 0 Å². The maximum absolute atomic E-state index is 3.78. The molecule has 0 aliphatic rings. The van der Waals surface area contributed by atoms with Crippen LogP contribution < -0.4 is 0 Å². The van der Waals surface area contributed by atoms with Crippen LogP contribution in [0.5, 0.6) is 0 Å². The average Bonchev–Trinajstić information content (AvgIpc) is 1.81. The molecule has 0 N–H and O–H groups in total. The van der Waals surface area contributed by atoms with Crippen molar-refractivity contribution in [2.75, 3.05) is 0 Å². The number of hydrogen-bond acceptors (Lipinski definition) is 0. The van der Waals surface area contributed by atoms with Gasteiger partial charge in [-0.25, -0.2) is 0 Å². The first-order valence-corrected chi connectivity index (χ1v) is 3.71. The third-order valence-electron chi connectivity index (χ3n) is 1.35. The molecule has 0 amide bonds. The van der Waals surface area contributed by atoms with E-state index >= 15 is 0 Å². The SMILES string of the molecule is [CH2-]CCCCCCC.[Nd]. The molecule has 54 valence electrons. The van der Waals surface area contributed by atoms with Crippen LogP contribution in [0.1, 0.15) is 45.4 Å². The third-order valence-corrected chi connectivity index (χ3v) is 1.35. The van der Waals surface area contributed by atoms with Crippen LogP contribution in [0.25, 0.3) is 0 Å². The Labute approximate surface area is 92.3 Å². The van der Waals surface area contributed by atoms with Crippen molar-refractivity contribution in [3.05, 3.63) is 6.92 Å². The van der Waals surface area contributed by atoms with Gasteiger partial charge in [0.25, 0.3) is 0 Å². The second-order valence-corrected chi connectivity index (χ2v) is 2.27. The Bertz CT molecular complexity index is 29.5. The number of hydrogen-bond donors (Lipinski definition) is 0. The third kappa shape index (κ3) is 12.5. The summed E-state index contributed by atoms with van der Waals surface area (Å²) in [7, 11) is 0. The van der Waals surface area contributed by atoms with Crippen LogP contribution in [-0.4, -0.2) is 0 Å². The molecular weight excluding hydrogens is 240 g/mol. The molecule has 0 fully saturated rings. The van der Waals surface area contributed by atoms with E-state index in [1.54, 1.807) is 0 Å². The molecule has 1 heteroatoms. The summed E-state index contributed by atoms with van der Waals surface area (Å²) in [6.07, 6.45) is 7.98. The topological polar surface area (TPSA) is 0 Å². The Balaban J connectivity index is 0. The van der Waals surface area contributed by atoms with Crippen LogP contribution in [0.3, 0.4) is 0 Å². The summed E-state index contributed by atoms with van der Waals surface area (Å²) in [4.78, 5) is 0. The van der Waals surface area contributed by atoms with Crippen molar-refractivity contribution in [3.63, 3.8) is 0 Å². The maximum Gasteiger partial charge on any atom is 0 e. The summed E-state index contributed by atoms with van der Waals surface area (Å²) in [5.41, 5.74) is 0. The molecule has 0 radical (unpaired) electrons. The minimum Gasteiger partial charge on any atom is -0.343 e. The molecule has 0 aliphatic heterocycles. The maximum atomic E-state index is 3.78. The van der Waals surface area contributed by atoms with Crippen LogP contribution in [0.4, 0.5) is 0 Å². The van der Waals surface area contributed by atoms with Gasteiger partial charge in [-0.05, 0) is 0 Å². The van der Waals surface area contributed by atoms with Crippen molar-refractivity contribution in [2.24, 2.45) is 0 Å². The van der Waals surface area contributed by atoms with Crippen molar-refractivity contribution >= 4 is 0 Å². The molecule has 0 heterocycles. The van der Waals surface area contributed by atoms with Gasteiger partial charge in [0.05, 0.1) is 0 Å². The Morgan fingerprint density at radius 1 is 1.00 bits per heavy atom. The molecule has 0 aromatic rings. The van der Waals surface area contributed by atoms with E-state index in [0.29, 0.717) is 0 Å². The summed E-state index contributed by atoms with van der Waals surface area (Å²) in [6, 6.07) is 0. The van der Waals surface area contributed by atoms with Gasteiger partial charge in [0.2, 0.25) is 0 Å². The zero-order valence-corrected chi connectivity index (χ0v) is 9.66. The number of unbranched alkanes of at least 4 members (excludes halogenated alkanes) is 5. The van der Waals surface area contributed by atoms with E-state index in [0.717, 1.165) is 6.42 Å². The number of rotatable bonds is 5. The molecule has 0 atom stereocenters. The fourth-order valence-electron chi connectivity index (χ4n) is 0.780. The normalized spacial score (nSPS) is 8.67. The van der Waals surface area contributed by atoms with E-state index < -0.39 is 0 Å². The van der Waals surface area contributed by atoms with Gasteiger partial charge in [0, 0.05) is 40.8 Å². The first-order valence-electron chi connectivity index (χ1n) is 3.71. The summed E-state index contributed by atoms with van der Waals surface area (Å²) >= 11 is 0. The van der Waals surface area contributed by atoms with E-state index in [9.17, 15) is 0 Å². The zero-order chi connectivity index (χ0) is 6.24. The fraction of sp³-hybridized carbons (Fsp3) is 0.875. The Morgan fingerprint density at radius 3 is 2.00 bits per heavy atom. The van der Waals surface area contributed by atoms with Gasteiger partial charge in [-0.2, -0.15) is 6.42 Å². The smallest absolute Gasteiger partial charge is 0 e. The van der Waals surface area contributed by atoms with Crippen LogP contribution in [-0.2, 0) is 0 Å². The quantitative estimate of drug-likeness (QED) is 0.524. The minimum atomic E-state index is 0. The monoisotopic (exact) mass is 255 g/mol. The predicted octanol–water partition coefficient (Wildman–Crippen LogP) is 3.18. The Hall–Kier alpha value is 1.35. The molecular formula is C8H17Nd-. The summed E-state index contributed by atoms with van der Waals surface area (Å²) in [6.45, 7) is 6.02. The first-order chi connectivity index (χ1) is 3.91. The fourth-order valence-corrected chi connectivity index (χ4v) is 0.780. The molecule has 0 aromatic heterocycles. The summed E-state index contributed by atoms with van der Waals surface area (Å²) < 4.78 is 0. The Morgan fingerprint density at radius 2 is 1.56 bits per heavy atom. The Kier molecular flexibility index (Phi) is 17.4. The van der Waals surface area contributed by atoms with Gasteiger partial charge >= 0.3 is 0 Å². The summed E-state index contributed by atoms with van der Waals surface area (Å²) in [5, 5.41) is 0. The van der Waals surface area contributed by atoms with E-state index in [1.807, 2.05) is 0 Å². The molecule has 0 saturated carbocycles. The van der Waals surface area contributed by atoms with E-state index in [1.165, 1.54) is 32.1 Å². The van der Waals surface area contributed by atoms with Crippen molar-refractivity contribution in [1.29, 1.82) is 0 Å². The second-order valence-electron chi connectivity index (χ2n) is 2.27. The minimum absolute atomic E-state index is 0.